The Kier molecular flexibility index (Phi) is 7.91. The number of isothiocyanates is 1. The summed E-state index contributed by atoms with van der Waals surface area (Å²) in [7, 11) is 0. The molecule has 0 saturated heterocycles. The monoisotopic (exact) mass is 333 g/mol. The van der Waals surface area contributed by atoms with E-state index in [1.165, 1.54) is 57.8 Å². The molecule has 0 amide bonds. The van der Waals surface area contributed by atoms with E-state index in [0.717, 1.165) is 23.8 Å². The molecule has 23 heavy (non-hydrogen) atoms. The quantitative estimate of drug-likeness (QED) is 0.287. The van der Waals surface area contributed by atoms with Crippen molar-refractivity contribution in [3.8, 4) is 0 Å². The van der Waals surface area contributed by atoms with E-state index in [1.54, 1.807) is 12.1 Å². The summed E-state index contributed by atoms with van der Waals surface area (Å²) in [6.07, 6.45) is 13.2. The Morgan fingerprint density at radius 2 is 1.83 bits per heavy atom. The Labute approximate surface area is 145 Å². The zero-order valence-corrected chi connectivity index (χ0v) is 15.0. The summed E-state index contributed by atoms with van der Waals surface area (Å²) in [6.45, 7) is 2.27. The second kappa shape index (κ2) is 9.95. The van der Waals surface area contributed by atoms with Gasteiger partial charge in [-0.3, -0.25) is 0 Å². The second-order valence-corrected chi connectivity index (χ2v) is 7.09. The maximum Gasteiger partial charge on any atom is 0.149 e. The fourth-order valence-electron chi connectivity index (χ4n) is 3.71. The van der Waals surface area contributed by atoms with Crippen LogP contribution in [0.2, 0.25) is 0 Å². The molecule has 0 bridgehead atoms. The third-order valence-corrected chi connectivity index (χ3v) is 5.29. The van der Waals surface area contributed by atoms with Crippen LogP contribution in [0.5, 0.6) is 0 Å². The Balaban J connectivity index is 1.73. The van der Waals surface area contributed by atoms with Crippen LogP contribution in [0.25, 0.3) is 0 Å². The lowest BCUT2D eigenvalue weighted by Crippen LogP contribution is -2.15. The number of thiocarbonyl (C=S) groups is 1. The Morgan fingerprint density at radius 1 is 1.13 bits per heavy atom. The minimum absolute atomic E-state index is 0.288. The van der Waals surface area contributed by atoms with Gasteiger partial charge < -0.3 is 0 Å². The largest absolute Gasteiger partial charge is 0.205 e. The number of rotatable bonds is 8. The number of benzene rings is 1. The van der Waals surface area contributed by atoms with Crippen LogP contribution in [0.15, 0.2) is 23.2 Å². The van der Waals surface area contributed by atoms with Crippen molar-refractivity contribution in [2.75, 3.05) is 0 Å². The summed E-state index contributed by atoms with van der Waals surface area (Å²) in [4.78, 5) is 3.73. The lowest BCUT2D eigenvalue weighted by atomic mass is 9.78. The van der Waals surface area contributed by atoms with Gasteiger partial charge in [0.1, 0.15) is 11.5 Å². The highest BCUT2D eigenvalue weighted by atomic mass is 32.1. The van der Waals surface area contributed by atoms with Gasteiger partial charge in [0.05, 0.1) is 5.16 Å². The smallest absolute Gasteiger partial charge is 0.149 e. The van der Waals surface area contributed by atoms with Crippen molar-refractivity contribution < 1.29 is 4.39 Å². The highest BCUT2D eigenvalue weighted by Gasteiger charge is 2.20. The highest BCUT2D eigenvalue weighted by molar-refractivity contribution is 7.78. The number of aliphatic imine (C=N–C) groups is 1. The van der Waals surface area contributed by atoms with Crippen LogP contribution in [-0.2, 0) is 6.42 Å². The molecule has 0 unspecified atom stereocenters. The van der Waals surface area contributed by atoms with Gasteiger partial charge in [0, 0.05) is 0 Å². The van der Waals surface area contributed by atoms with Crippen LogP contribution < -0.4 is 0 Å². The number of aryl methyl sites for hydroxylation is 1. The summed E-state index contributed by atoms with van der Waals surface area (Å²) in [5, 5.41) is 2.22. The van der Waals surface area contributed by atoms with E-state index in [0.29, 0.717) is 0 Å². The molecule has 1 aliphatic carbocycles. The van der Waals surface area contributed by atoms with Crippen LogP contribution in [-0.4, -0.2) is 5.16 Å². The molecular weight excluding hydrogens is 305 g/mol. The minimum Gasteiger partial charge on any atom is -0.205 e. The van der Waals surface area contributed by atoms with Gasteiger partial charge in [-0.15, -0.1) is 0 Å². The van der Waals surface area contributed by atoms with Crippen molar-refractivity contribution in [2.24, 2.45) is 16.8 Å². The predicted molar refractivity (Wildman–Crippen MR) is 99.0 cm³/mol. The van der Waals surface area contributed by atoms with Gasteiger partial charge in [0.25, 0.3) is 0 Å². The maximum absolute atomic E-state index is 13.8. The first-order chi connectivity index (χ1) is 11.2. The lowest BCUT2D eigenvalue weighted by Gasteiger charge is -2.28. The third-order valence-electron chi connectivity index (χ3n) is 5.20. The molecule has 0 aliphatic heterocycles. The molecule has 0 N–H and O–H groups in total. The molecule has 2 rings (SSSR count). The molecule has 3 heteroatoms. The minimum atomic E-state index is -0.292. The predicted octanol–water partition coefficient (Wildman–Crippen LogP) is 6.88. The molecule has 0 spiro atoms. The van der Waals surface area contributed by atoms with Crippen LogP contribution in [0.3, 0.4) is 0 Å². The topological polar surface area (TPSA) is 12.4 Å². The second-order valence-electron chi connectivity index (χ2n) is 6.91. The van der Waals surface area contributed by atoms with Crippen molar-refractivity contribution in [2.45, 2.75) is 71.1 Å². The van der Waals surface area contributed by atoms with Crippen molar-refractivity contribution in [3.63, 3.8) is 0 Å². The fourth-order valence-corrected chi connectivity index (χ4v) is 3.81. The number of halogens is 1. The van der Waals surface area contributed by atoms with Crippen LogP contribution in [0, 0.1) is 17.7 Å². The molecule has 1 aromatic rings. The van der Waals surface area contributed by atoms with E-state index in [4.69, 9.17) is 0 Å². The van der Waals surface area contributed by atoms with Gasteiger partial charge in [-0.2, -0.15) is 4.99 Å². The zero-order valence-electron chi connectivity index (χ0n) is 14.2. The molecule has 0 radical (unpaired) electrons. The average molecular weight is 334 g/mol. The van der Waals surface area contributed by atoms with Crippen LogP contribution in [0.4, 0.5) is 10.1 Å². The van der Waals surface area contributed by atoms with Crippen molar-refractivity contribution in [1.82, 2.24) is 0 Å². The number of unbranched alkanes of at least 4 members (excludes halogenated alkanes) is 2. The van der Waals surface area contributed by atoms with E-state index >= 15 is 0 Å². The van der Waals surface area contributed by atoms with Gasteiger partial charge in [0.2, 0.25) is 0 Å². The van der Waals surface area contributed by atoms with Gasteiger partial charge in [-0.1, -0.05) is 64.4 Å². The lowest BCUT2D eigenvalue weighted by molar-refractivity contribution is 0.249. The molecule has 1 saturated carbocycles. The summed E-state index contributed by atoms with van der Waals surface area (Å²) >= 11 is 4.52. The number of hydrogen-bond acceptors (Lipinski definition) is 2. The molecule has 0 atom stereocenters. The summed E-state index contributed by atoms with van der Waals surface area (Å²) in [5.41, 5.74) is 1.35. The van der Waals surface area contributed by atoms with Gasteiger partial charge in [-0.25, -0.2) is 4.39 Å². The Morgan fingerprint density at radius 3 is 2.43 bits per heavy atom. The Bertz CT molecular complexity index is 528. The summed E-state index contributed by atoms with van der Waals surface area (Å²) in [5.74, 6) is 1.49. The first-order valence-corrected chi connectivity index (χ1v) is 9.50. The molecule has 1 fully saturated rings. The zero-order chi connectivity index (χ0) is 16.5. The molecule has 126 valence electrons. The van der Waals surface area contributed by atoms with Crippen molar-refractivity contribution >= 4 is 23.1 Å². The molecule has 1 aromatic carbocycles. The summed E-state index contributed by atoms with van der Waals surface area (Å²) in [6, 6.07) is 5.27. The number of hydrogen-bond donors (Lipinski definition) is 0. The van der Waals surface area contributed by atoms with E-state index in [1.807, 2.05) is 6.07 Å². The summed E-state index contributed by atoms with van der Waals surface area (Å²) < 4.78 is 13.8. The fraction of sp³-hybridized carbons (Fsp3) is 0.650. The van der Waals surface area contributed by atoms with Crippen LogP contribution >= 0.6 is 12.2 Å². The van der Waals surface area contributed by atoms with Gasteiger partial charge in [-0.05, 0) is 54.6 Å². The van der Waals surface area contributed by atoms with E-state index in [9.17, 15) is 4.39 Å². The van der Waals surface area contributed by atoms with E-state index in [-0.39, 0.29) is 11.5 Å². The van der Waals surface area contributed by atoms with E-state index < -0.39 is 0 Å². The SMILES string of the molecule is CCCCCC1CCC(CCc2ccc(N=C=S)c(F)c2)CC1. The normalized spacial score (nSPS) is 21.0. The first kappa shape index (κ1) is 18.3. The van der Waals surface area contributed by atoms with Crippen molar-refractivity contribution in [1.29, 1.82) is 0 Å². The molecular formula is C20H28FNS. The number of nitrogens with zero attached hydrogens (tertiary/aromatic N) is 1. The van der Waals surface area contributed by atoms with Crippen molar-refractivity contribution in [3.05, 3.63) is 29.6 Å². The van der Waals surface area contributed by atoms with E-state index in [2.05, 4.69) is 29.3 Å². The Hall–Kier alpha value is -1.05. The molecule has 0 aromatic heterocycles. The molecule has 1 aliphatic rings. The third kappa shape index (κ3) is 6.16. The van der Waals surface area contributed by atoms with Gasteiger partial charge in [0.15, 0.2) is 0 Å². The molecule has 1 nitrogen and oxygen atoms in total. The van der Waals surface area contributed by atoms with Gasteiger partial charge >= 0.3 is 0 Å². The molecule has 0 heterocycles. The first-order valence-electron chi connectivity index (χ1n) is 9.09. The highest BCUT2D eigenvalue weighted by Crippen LogP contribution is 2.34. The van der Waals surface area contributed by atoms with Crippen LogP contribution in [0.1, 0.15) is 70.3 Å². The maximum atomic E-state index is 13.8. The standard InChI is InChI=1S/C20H28FNS/c1-2-3-4-5-16-6-8-17(9-7-16)10-11-18-12-13-20(22-15-23)19(21)14-18/h12-14,16-17H,2-11H2,1H3. The average Bonchev–Trinajstić information content (AvgIpc) is 2.57.